The Balaban J connectivity index is 2.91. The fraction of sp³-hybridized carbons (Fsp3) is 0.500. The van der Waals surface area contributed by atoms with E-state index in [1.807, 2.05) is 6.92 Å². The van der Waals surface area contributed by atoms with Gasteiger partial charge in [0.1, 0.15) is 11.3 Å². The Morgan fingerprint density at radius 2 is 2.14 bits per heavy atom. The molecule has 0 amide bonds. The largest absolute Gasteiger partial charge is 0.497 e. The zero-order valence-corrected chi connectivity index (χ0v) is 12.2. The van der Waals surface area contributed by atoms with Gasteiger partial charge in [-0.05, 0) is 42.6 Å². The molecular weight excluding hydrogens is 272 g/mol. The van der Waals surface area contributed by atoms with Crippen LogP contribution in [0.5, 0.6) is 5.75 Å². The highest BCUT2D eigenvalue weighted by Crippen LogP contribution is 2.27. The molecule has 0 spiro atoms. The van der Waals surface area contributed by atoms with Gasteiger partial charge >= 0.3 is 5.97 Å². The van der Waals surface area contributed by atoms with Crippen LogP contribution in [-0.2, 0) is 10.3 Å². The maximum absolute atomic E-state index is 11.8. The number of rotatable bonds is 9. The highest BCUT2D eigenvalue weighted by Gasteiger charge is 2.37. The lowest BCUT2D eigenvalue weighted by Crippen LogP contribution is -2.49. The molecule has 0 saturated heterocycles. The van der Waals surface area contributed by atoms with Crippen molar-refractivity contribution in [2.75, 3.05) is 20.2 Å². The third-order valence-corrected chi connectivity index (χ3v) is 3.40. The summed E-state index contributed by atoms with van der Waals surface area (Å²) in [4.78, 5) is 14.4. The van der Waals surface area contributed by atoms with Gasteiger partial charge in [-0.15, -0.1) is 0 Å². The van der Waals surface area contributed by atoms with Crippen molar-refractivity contribution in [2.24, 2.45) is 5.11 Å². The van der Waals surface area contributed by atoms with Crippen LogP contribution in [0.4, 0.5) is 0 Å². The summed E-state index contributed by atoms with van der Waals surface area (Å²) in [6.07, 6.45) is 0.978. The molecule has 1 unspecified atom stereocenters. The van der Waals surface area contributed by atoms with Crippen LogP contribution in [0.25, 0.3) is 10.4 Å². The molecule has 0 fully saturated rings. The van der Waals surface area contributed by atoms with Crippen LogP contribution >= 0.6 is 0 Å². The van der Waals surface area contributed by atoms with E-state index in [-0.39, 0.29) is 0 Å². The van der Waals surface area contributed by atoms with Crippen LogP contribution in [0.3, 0.4) is 0 Å². The number of benzene rings is 1. The number of carbonyl (C=O) groups is 1. The lowest BCUT2D eigenvalue weighted by atomic mass is 9.87. The first kappa shape index (κ1) is 16.8. The van der Waals surface area contributed by atoms with E-state index in [0.29, 0.717) is 37.2 Å². The Bertz CT molecular complexity index is 511. The van der Waals surface area contributed by atoms with E-state index in [1.54, 1.807) is 31.4 Å². The molecule has 1 atom stereocenters. The predicted molar refractivity (Wildman–Crippen MR) is 79.2 cm³/mol. The number of hydrogen-bond acceptors (Lipinski definition) is 4. The molecule has 0 radical (unpaired) electrons. The van der Waals surface area contributed by atoms with Crippen LogP contribution in [0.1, 0.15) is 25.3 Å². The first-order valence-corrected chi connectivity index (χ1v) is 6.74. The standard InChI is InChI=1S/C14H20N4O3/c1-3-14(13(19)20,16-9-4-10-17-18-15)11-5-7-12(21-2)8-6-11/h5-8,16H,3-4,9-10H2,1-2H3,(H,19,20). The molecular formula is C14H20N4O3. The molecule has 1 rings (SSSR count). The highest BCUT2D eigenvalue weighted by molar-refractivity contribution is 5.80. The second-order valence-corrected chi connectivity index (χ2v) is 4.53. The maximum Gasteiger partial charge on any atom is 0.328 e. The molecule has 1 aromatic carbocycles. The van der Waals surface area contributed by atoms with Crippen LogP contribution in [-0.4, -0.2) is 31.3 Å². The van der Waals surface area contributed by atoms with Crippen LogP contribution in [0.15, 0.2) is 29.4 Å². The van der Waals surface area contributed by atoms with Crippen molar-refractivity contribution >= 4 is 5.97 Å². The average molecular weight is 292 g/mol. The van der Waals surface area contributed by atoms with Gasteiger partial charge in [0.05, 0.1) is 7.11 Å². The smallest absolute Gasteiger partial charge is 0.328 e. The van der Waals surface area contributed by atoms with Crippen LogP contribution in [0, 0.1) is 0 Å². The van der Waals surface area contributed by atoms with E-state index >= 15 is 0 Å². The molecule has 1 aromatic rings. The summed E-state index contributed by atoms with van der Waals surface area (Å²) >= 11 is 0. The molecule has 2 N–H and O–H groups in total. The van der Waals surface area contributed by atoms with E-state index in [9.17, 15) is 9.90 Å². The van der Waals surface area contributed by atoms with E-state index < -0.39 is 11.5 Å². The Hall–Kier alpha value is -2.24. The number of aliphatic carboxylic acids is 1. The molecule has 0 aliphatic carbocycles. The van der Waals surface area contributed by atoms with Gasteiger partial charge in [0, 0.05) is 11.5 Å². The fourth-order valence-electron chi connectivity index (χ4n) is 2.15. The van der Waals surface area contributed by atoms with Crippen molar-refractivity contribution in [3.8, 4) is 5.75 Å². The zero-order chi connectivity index (χ0) is 15.7. The van der Waals surface area contributed by atoms with E-state index in [0.717, 1.165) is 0 Å². The molecule has 0 aliphatic rings. The number of methoxy groups -OCH3 is 1. The lowest BCUT2D eigenvalue weighted by Gasteiger charge is -2.30. The van der Waals surface area contributed by atoms with Gasteiger partial charge < -0.3 is 9.84 Å². The number of hydrogen-bond donors (Lipinski definition) is 2. The quantitative estimate of drug-likeness (QED) is 0.316. The molecule has 0 bridgehead atoms. The highest BCUT2D eigenvalue weighted by atomic mass is 16.5. The molecule has 0 heterocycles. The Labute approximate surface area is 123 Å². The van der Waals surface area contributed by atoms with E-state index in [2.05, 4.69) is 15.3 Å². The molecule has 21 heavy (non-hydrogen) atoms. The summed E-state index contributed by atoms with van der Waals surface area (Å²) in [6, 6.07) is 6.97. The summed E-state index contributed by atoms with van der Waals surface area (Å²) in [5.41, 5.74) is 7.74. The maximum atomic E-state index is 11.8. The minimum Gasteiger partial charge on any atom is -0.497 e. The minimum atomic E-state index is -1.15. The normalized spacial score (nSPS) is 13.0. The third-order valence-electron chi connectivity index (χ3n) is 3.40. The summed E-state index contributed by atoms with van der Waals surface area (Å²) in [6.45, 7) is 2.61. The van der Waals surface area contributed by atoms with E-state index in [4.69, 9.17) is 10.3 Å². The van der Waals surface area contributed by atoms with Gasteiger partial charge in [-0.1, -0.05) is 24.2 Å². The number of carboxylic acid groups (broad SMARTS) is 1. The van der Waals surface area contributed by atoms with Crippen molar-refractivity contribution in [1.82, 2.24) is 5.32 Å². The molecule has 0 aromatic heterocycles. The molecule has 7 heteroatoms. The van der Waals surface area contributed by atoms with Crippen molar-refractivity contribution in [3.05, 3.63) is 40.3 Å². The van der Waals surface area contributed by atoms with Gasteiger partial charge in [-0.2, -0.15) is 0 Å². The number of azide groups is 1. The molecule has 0 aliphatic heterocycles. The summed E-state index contributed by atoms with van der Waals surface area (Å²) in [7, 11) is 1.56. The van der Waals surface area contributed by atoms with Gasteiger partial charge in [0.15, 0.2) is 0 Å². The number of ether oxygens (including phenoxy) is 1. The average Bonchev–Trinajstić information content (AvgIpc) is 2.51. The Morgan fingerprint density at radius 3 is 2.62 bits per heavy atom. The minimum absolute atomic E-state index is 0.339. The number of carboxylic acids is 1. The zero-order valence-electron chi connectivity index (χ0n) is 12.2. The third kappa shape index (κ3) is 4.11. The second-order valence-electron chi connectivity index (χ2n) is 4.53. The Kier molecular flexibility index (Phi) is 6.52. The number of nitrogens with one attached hydrogen (secondary N) is 1. The van der Waals surface area contributed by atoms with E-state index in [1.165, 1.54) is 0 Å². The number of nitrogens with zero attached hydrogens (tertiary/aromatic N) is 3. The van der Waals surface area contributed by atoms with Crippen molar-refractivity contribution in [2.45, 2.75) is 25.3 Å². The van der Waals surface area contributed by atoms with Gasteiger partial charge in [0.25, 0.3) is 0 Å². The molecule has 114 valence electrons. The van der Waals surface area contributed by atoms with Crippen molar-refractivity contribution < 1.29 is 14.6 Å². The van der Waals surface area contributed by atoms with Crippen LogP contribution < -0.4 is 10.1 Å². The van der Waals surface area contributed by atoms with Gasteiger partial charge in [0.2, 0.25) is 0 Å². The topological polar surface area (TPSA) is 107 Å². The van der Waals surface area contributed by atoms with Gasteiger partial charge in [-0.3, -0.25) is 5.32 Å². The lowest BCUT2D eigenvalue weighted by molar-refractivity contribution is -0.145. The summed E-state index contributed by atoms with van der Waals surface area (Å²) in [5, 5.41) is 16.1. The van der Waals surface area contributed by atoms with Crippen molar-refractivity contribution in [1.29, 1.82) is 0 Å². The predicted octanol–water partition coefficient (Wildman–Crippen LogP) is 2.68. The first-order valence-electron chi connectivity index (χ1n) is 6.74. The summed E-state index contributed by atoms with van der Waals surface area (Å²) in [5.74, 6) is -0.253. The van der Waals surface area contributed by atoms with Crippen LogP contribution in [0.2, 0.25) is 0 Å². The van der Waals surface area contributed by atoms with Crippen molar-refractivity contribution in [3.63, 3.8) is 0 Å². The molecule has 0 saturated carbocycles. The van der Waals surface area contributed by atoms with Gasteiger partial charge in [-0.25, -0.2) is 4.79 Å². The summed E-state index contributed by atoms with van der Waals surface area (Å²) < 4.78 is 5.09. The fourth-order valence-corrected chi connectivity index (χ4v) is 2.15. The second kappa shape index (κ2) is 8.14. The SMILES string of the molecule is CCC(NCCCN=[N+]=[N-])(C(=O)O)c1ccc(OC)cc1. The first-order chi connectivity index (χ1) is 10.1. The monoisotopic (exact) mass is 292 g/mol. The Morgan fingerprint density at radius 1 is 1.48 bits per heavy atom. The molecule has 7 nitrogen and oxygen atoms in total.